The summed E-state index contributed by atoms with van der Waals surface area (Å²) in [6.07, 6.45) is 0. The third kappa shape index (κ3) is 4.42. The zero-order chi connectivity index (χ0) is 24.7. The van der Waals surface area contributed by atoms with Crippen LogP contribution in [0.3, 0.4) is 0 Å². The molecule has 5 rings (SSSR count). The highest BCUT2D eigenvalue weighted by Crippen LogP contribution is 2.29. The van der Waals surface area contributed by atoms with Crippen molar-refractivity contribution in [3.63, 3.8) is 0 Å². The molecule has 4 aromatic rings. The quantitative estimate of drug-likeness (QED) is 0.436. The van der Waals surface area contributed by atoms with Gasteiger partial charge in [-0.2, -0.15) is 0 Å². The molecule has 180 valence electrons. The molecule has 1 fully saturated rings. The van der Waals surface area contributed by atoms with Crippen molar-refractivity contribution in [3.8, 4) is 10.4 Å². The fourth-order valence-corrected chi connectivity index (χ4v) is 5.37. The van der Waals surface area contributed by atoms with Gasteiger partial charge in [-0.1, -0.05) is 12.1 Å². The Labute approximate surface area is 204 Å². The highest BCUT2D eigenvalue weighted by Gasteiger charge is 2.24. The number of rotatable bonds is 4. The van der Waals surface area contributed by atoms with Crippen LogP contribution in [0.15, 0.2) is 58.1 Å². The Kier molecular flexibility index (Phi) is 6.08. The summed E-state index contributed by atoms with van der Waals surface area (Å²) in [5.41, 5.74) is 0.371. The molecule has 0 spiro atoms. The van der Waals surface area contributed by atoms with Crippen molar-refractivity contribution in [2.24, 2.45) is 14.1 Å². The monoisotopic (exact) mass is 493 g/mol. The molecule has 0 N–H and O–H groups in total. The summed E-state index contributed by atoms with van der Waals surface area (Å²) in [6.45, 7) is 3.30. The van der Waals surface area contributed by atoms with Gasteiger partial charge in [-0.25, -0.2) is 14.2 Å². The van der Waals surface area contributed by atoms with E-state index in [1.165, 1.54) is 35.7 Å². The van der Waals surface area contributed by atoms with E-state index >= 15 is 0 Å². The summed E-state index contributed by atoms with van der Waals surface area (Å²) >= 11 is 1.64. The molecular formula is C25H24FN5O3S. The minimum absolute atomic E-state index is 0.203. The zero-order valence-corrected chi connectivity index (χ0v) is 20.2. The molecular weight excluding hydrogens is 469 g/mol. The molecule has 0 bridgehead atoms. The van der Waals surface area contributed by atoms with E-state index in [0.717, 1.165) is 21.6 Å². The number of nitrogens with zero attached hydrogens (tertiary/aromatic N) is 5. The van der Waals surface area contributed by atoms with Crippen molar-refractivity contribution in [3.05, 3.63) is 85.8 Å². The van der Waals surface area contributed by atoms with Gasteiger partial charge in [0.15, 0.2) is 0 Å². The number of hydrogen-bond acceptors (Lipinski definition) is 6. The Balaban J connectivity index is 1.25. The van der Waals surface area contributed by atoms with Gasteiger partial charge in [0.05, 0.1) is 5.39 Å². The molecule has 0 radical (unpaired) electrons. The van der Waals surface area contributed by atoms with Crippen molar-refractivity contribution < 1.29 is 9.18 Å². The second kappa shape index (κ2) is 9.20. The second-order valence-electron chi connectivity index (χ2n) is 8.62. The SMILES string of the molecule is Cn1c(=O)c2ccc(C(=O)N3CCN(Cc4ccc(-c5cccc(F)c5)s4)CC3)nc2n(C)c1=O. The summed E-state index contributed by atoms with van der Waals surface area (Å²) < 4.78 is 15.8. The van der Waals surface area contributed by atoms with Gasteiger partial charge >= 0.3 is 5.69 Å². The van der Waals surface area contributed by atoms with Crippen LogP contribution in [0.2, 0.25) is 0 Å². The van der Waals surface area contributed by atoms with E-state index in [4.69, 9.17) is 0 Å². The number of hydrogen-bond donors (Lipinski definition) is 0. The van der Waals surface area contributed by atoms with Gasteiger partial charge in [0.25, 0.3) is 11.5 Å². The lowest BCUT2D eigenvalue weighted by Crippen LogP contribution is -2.48. The zero-order valence-electron chi connectivity index (χ0n) is 19.4. The number of halogens is 1. The van der Waals surface area contributed by atoms with E-state index < -0.39 is 11.2 Å². The Morgan fingerprint density at radius 1 is 1.00 bits per heavy atom. The van der Waals surface area contributed by atoms with Crippen LogP contribution in [0, 0.1) is 5.82 Å². The molecule has 1 amide bonds. The summed E-state index contributed by atoms with van der Waals surface area (Å²) in [6, 6.07) is 13.8. The lowest BCUT2D eigenvalue weighted by molar-refractivity contribution is 0.0624. The van der Waals surface area contributed by atoms with Gasteiger partial charge < -0.3 is 4.90 Å². The number of piperazine rings is 1. The largest absolute Gasteiger partial charge is 0.335 e. The minimum atomic E-state index is -0.484. The Morgan fingerprint density at radius 2 is 1.77 bits per heavy atom. The first-order chi connectivity index (χ1) is 16.8. The fraction of sp³-hybridized carbons (Fsp3) is 0.280. The first kappa shape index (κ1) is 23.1. The van der Waals surface area contributed by atoms with Crippen molar-refractivity contribution in [1.29, 1.82) is 0 Å². The summed E-state index contributed by atoms with van der Waals surface area (Å²) in [5.74, 6) is -0.465. The van der Waals surface area contributed by atoms with Crippen LogP contribution in [-0.2, 0) is 20.6 Å². The lowest BCUT2D eigenvalue weighted by atomic mass is 10.2. The molecule has 0 aliphatic carbocycles. The average molecular weight is 494 g/mol. The number of carbonyl (C=O) groups is 1. The summed E-state index contributed by atoms with van der Waals surface area (Å²) in [7, 11) is 2.95. The molecule has 35 heavy (non-hydrogen) atoms. The molecule has 8 nitrogen and oxygen atoms in total. The lowest BCUT2D eigenvalue weighted by Gasteiger charge is -2.34. The number of amides is 1. The third-order valence-corrected chi connectivity index (χ3v) is 7.45. The molecule has 4 heterocycles. The maximum Gasteiger partial charge on any atom is 0.332 e. The van der Waals surface area contributed by atoms with Crippen molar-refractivity contribution in [1.82, 2.24) is 23.9 Å². The van der Waals surface area contributed by atoms with Crippen molar-refractivity contribution in [2.75, 3.05) is 26.2 Å². The second-order valence-corrected chi connectivity index (χ2v) is 9.79. The molecule has 1 aliphatic heterocycles. The number of aromatic nitrogens is 3. The van der Waals surface area contributed by atoms with Gasteiger partial charge in [0.2, 0.25) is 0 Å². The van der Waals surface area contributed by atoms with Crippen LogP contribution in [-0.4, -0.2) is 56.0 Å². The molecule has 0 atom stereocenters. The number of pyridine rings is 1. The predicted octanol–water partition coefficient (Wildman–Crippen LogP) is 2.46. The van der Waals surface area contributed by atoms with E-state index in [1.54, 1.807) is 34.4 Å². The van der Waals surface area contributed by atoms with Gasteiger partial charge in [0.1, 0.15) is 17.2 Å². The maximum absolute atomic E-state index is 13.5. The molecule has 3 aromatic heterocycles. The van der Waals surface area contributed by atoms with Crippen LogP contribution in [0.5, 0.6) is 0 Å². The van der Waals surface area contributed by atoms with E-state index in [0.29, 0.717) is 31.6 Å². The molecule has 0 saturated carbocycles. The first-order valence-corrected chi connectivity index (χ1v) is 12.1. The minimum Gasteiger partial charge on any atom is -0.335 e. The number of carbonyl (C=O) groups excluding carboxylic acids is 1. The number of benzene rings is 1. The Hall–Kier alpha value is -3.63. The van der Waals surface area contributed by atoms with Crippen molar-refractivity contribution >= 4 is 28.3 Å². The van der Waals surface area contributed by atoms with Gasteiger partial charge in [-0.15, -0.1) is 11.3 Å². The smallest absolute Gasteiger partial charge is 0.332 e. The molecule has 10 heteroatoms. The number of aryl methyl sites for hydroxylation is 1. The highest BCUT2D eigenvalue weighted by atomic mass is 32.1. The fourth-order valence-electron chi connectivity index (χ4n) is 4.32. The summed E-state index contributed by atoms with van der Waals surface area (Å²) in [4.78, 5) is 48.3. The molecule has 0 unspecified atom stereocenters. The molecule has 1 aromatic carbocycles. The maximum atomic E-state index is 13.5. The van der Waals surface area contributed by atoms with Gasteiger partial charge in [-0.05, 0) is 42.0 Å². The van der Waals surface area contributed by atoms with E-state index in [1.807, 2.05) is 12.1 Å². The standard InChI is InChI=1S/C25H24FN5O3S/c1-28-22-19(23(32)29(2)25(28)34)7-8-20(27-22)24(33)31-12-10-30(11-13-31)15-18-6-9-21(35-18)16-4-3-5-17(26)14-16/h3-9,14H,10-13,15H2,1-2H3. The van der Waals surface area contributed by atoms with Crippen LogP contribution < -0.4 is 11.2 Å². The predicted molar refractivity (Wildman–Crippen MR) is 133 cm³/mol. The Bertz CT molecular complexity index is 1550. The first-order valence-electron chi connectivity index (χ1n) is 11.2. The van der Waals surface area contributed by atoms with Crippen molar-refractivity contribution in [2.45, 2.75) is 6.54 Å². The highest BCUT2D eigenvalue weighted by molar-refractivity contribution is 7.15. The summed E-state index contributed by atoms with van der Waals surface area (Å²) in [5, 5.41) is 0.296. The number of thiophene rings is 1. The Morgan fingerprint density at radius 3 is 2.51 bits per heavy atom. The molecule has 1 saturated heterocycles. The van der Waals surface area contributed by atoms with Gasteiger partial charge in [0, 0.05) is 56.6 Å². The van der Waals surface area contributed by atoms with Crippen LogP contribution >= 0.6 is 11.3 Å². The number of fused-ring (bicyclic) bond motifs is 1. The molecule has 1 aliphatic rings. The van der Waals surface area contributed by atoms with E-state index in [2.05, 4.69) is 16.0 Å². The van der Waals surface area contributed by atoms with E-state index in [9.17, 15) is 18.8 Å². The topological polar surface area (TPSA) is 80.4 Å². The van der Waals surface area contributed by atoms with Gasteiger partial charge in [-0.3, -0.25) is 23.6 Å². The van der Waals surface area contributed by atoms with Crippen LogP contribution in [0.25, 0.3) is 21.5 Å². The van der Waals surface area contributed by atoms with Crippen LogP contribution in [0.4, 0.5) is 4.39 Å². The normalized spacial score (nSPS) is 14.5. The average Bonchev–Trinajstić information content (AvgIpc) is 3.34. The van der Waals surface area contributed by atoms with Crippen LogP contribution in [0.1, 0.15) is 15.4 Å². The third-order valence-electron chi connectivity index (χ3n) is 6.33. The van der Waals surface area contributed by atoms with E-state index in [-0.39, 0.29) is 23.1 Å².